The van der Waals surface area contributed by atoms with Crippen molar-refractivity contribution in [1.29, 1.82) is 0 Å². The summed E-state index contributed by atoms with van der Waals surface area (Å²) in [6.45, 7) is 1.14. The quantitative estimate of drug-likeness (QED) is 0.753. The molecule has 0 saturated heterocycles. The van der Waals surface area contributed by atoms with Crippen LogP contribution in [0.5, 0.6) is 0 Å². The molecule has 0 spiro atoms. The summed E-state index contributed by atoms with van der Waals surface area (Å²) in [5, 5.41) is 7.23. The van der Waals surface area contributed by atoms with Gasteiger partial charge in [0.1, 0.15) is 15.7 Å². The van der Waals surface area contributed by atoms with Crippen molar-refractivity contribution < 1.29 is 26.0 Å². The fourth-order valence-corrected chi connectivity index (χ4v) is 2.92. The van der Waals surface area contributed by atoms with Crippen molar-refractivity contribution >= 4 is 25.8 Å². The minimum Gasteiger partial charge on any atom is -0.351 e. The van der Waals surface area contributed by atoms with Crippen LogP contribution in [0.15, 0.2) is 17.0 Å². The van der Waals surface area contributed by atoms with Crippen LogP contribution >= 0.6 is 0 Å². The third kappa shape index (κ3) is 5.06. The van der Waals surface area contributed by atoms with Crippen LogP contribution < -0.4 is 10.5 Å². The summed E-state index contributed by atoms with van der Waals surface area (Å²) in [4.78, 5) is 11.4. The van der Waals surface area contributed by atoms with E-state index in [1.54, 1.807) is 0 Å². The molecule has 0 aliphatic carbocycles. The van der Waals surface area contributed by atoms with Gasteiger partial charge in [-0.05, 0) is 24.6 Å². The van der Waals surface area contributed by atoms with Crippen molar-refractivity contribution in [3.63, 3.8) is 0 Å². The fraction of sp³-hybridized carbons (Fsp3) is 0.364. The Kier molecular flexibility index (Phi) is 5.07. The predicted octanol–water partition coefficient (Wildman–Crippen LogP) is -0.444. The minimum atomic E-state index is -4.17. The zero-order chi connectivity index (χ0) is 16.4. The van der Waals surface area contributed by atoms with E-state index in [0.29, 0.717) is 0 Å². The Morgan fingerprint density at radius 1 is 1.29 bits per heavy atom. The molecule has 1 aromatic carbocycles. The summed E-state index contributed by atoms with van der Waals surface area (Å²) in [6.07, 6.45) is 1.01. The summed E-state index contributed by atoms with van der Waals surface area (Å²) in [6, 6.07) is 1.58. The number of carbonyl (C=O) groups is 1. The second kappa shape index (κ2) is 6.08. The molecule has 0 heterocycles. The summed E-state index contributed by atoms with van der Waals surface area (Å²) in [5.74, 6) is -1.99. The summed E-state index contributed by atoms with van der Waals surface area (Å²) >= 11 is 0. The Hall–Kier alpha value is -1.52. The summed E-state index contributed by atoms with van der Waals surface area (Å²) in [7, 11) is -7.43. The monoisotopic (exact) mass is 338 g/mol. The van der Waals surface area contributed by atoms with Crippen LogP contribution in [0.1, 0.15) is 15.9 Å². The molecular weight excluding hydrogens is 323 g/mol. The van der Waals surface area contributed by atoms with E-state index >= 15 is 0 Å². The van der Waals surface area contributed by atoms with Gasteiger partial charge in [0, 0.05) is 18.4 Å². The van der Waals surface area contributed by atoms with Crippen LogP contribution in [-0.2, 0) is 19.9 Å². The van der Waals surface area contributed by atoms with Crippen LogP contribution in [0.2, 0.25) is 0 Å². The Bertz CT molecular complexity index is 772. The van der Waals surface area contributed by atoms with Crippen LogP contribution in [0.3, 0.4) is 0 Å². The minimum absolute atomic E-state index is 0.00393. The standard InChI is InChI=1S/C11H15FN2O5S2/c1-7-9(11(15)14-3-4-20(2,16)17)5-8(12)6-10(7)21(13,18)19/h5-6H,3-4H2,1-2H3,(H,14,15)(H2,13,18,19). The summed E-state index contributed by atoms with van der Waals surface area (Å²) in [5.41, 5.74) is -0.219. The maximum Gasteiger partial charge on any atom is 0.251 e. The van der Waals surface area contributed by atoms with Crippen molar-refractivity contribution in [3.05, 3.63) is 29.1 Å². The Morgan fingerprint density at radius 3 is 2.33 bits per heavy atom. The normalized spacial score (nSPS) is 12.2. The molecule has 1 aromatic rings. The lowest BCUT2D eigenvalue weighted by Gasteiger charge is -2.11. The molecule has 0 unspecified atom stereocenters. The van der Waals surface area contributed by atoms with Crippen molar-refractivity contribution in [2.24, 2.45) is 5.14 Å². The third-order valence-corrected chi connectivity index (χ3v) is 4.62. The van der Waals surface area contributed by atoms with Crippen molar-refractivity contribution in [2.45, 2.75) is 11.8 Å². The van der Waals surface area contributed by atoms with Gasteiger partial charge >= 0.3 is 0 Å². The van der Waals surface area contributed by atoms with Crippen LogP contribution in [0, 0.1) is 12.7 Å². The van der Waals surface area contributed by atoms with Gasteiger partial charge in [-0.1, -0.05) is 0 Å². The first-order chi connectivity index (χ1) is 9.42. The average Bonchev–Trinajstić information content (AvgIpc) is 2.28. The molecule has 1 amide bonds. The van der Waals surface area contributed by atoms with E-state index in [1.807, 2.05) is 0 Å². The number of sulfonamides is 1. The van der Waals surface area contributed by atoms with E-state index in [2.05, 4.69) is 5.32 Å². The van der Waals surface area contributed by atoms with Crippen LogP contribution in [0.25, 0.3) is 0 Å². The van der Waals surface area contributed by atoms with E-state index in [1.165, 1.54) is 6.92 Å². The molecule has 0 radical (unpaired) electrons. The number of amides is 1. The first kappa shape index (κ1) is 17.5. The maximum atomic E-state index is 13.4. The molecule has 0 fully saturated rings. The molecule has 0 atom stereocenters. The van der Waals surface area contributed by atoms with Crippen LogP contribution in [0.4, 0.5) is 4.39 Å². The molecule has 7 nitrogen and oxygen atoms in total. The predicted molar refractivity (Wildman–Crippen MR) is 74.6 cm³/mol. The molecule has 0 aliphatic rings. The maximum absolute atomic E-state index is 13.4. The largest absolute Gasteiger partial charge is 0.351 e. The molecule has 0 aliphatic heterocycles. The zero-order valence-electron chi connectivity index (χ0n) is 11.4. The summed E-state index contributed by atoms with van der Waals surface area (Å²) < 4.78 is 58.0. The van der Waals surface area contributed by atoms with E-state index in [-0.39, 0.29) is 23.4 Å². The van der Waals surface area contributed by atoms with Gasteiger partial charge < -0.3 is 5.32 Å². The van der Waals surface area contributed by atoms with Gasteiger partial charge in [-0.2, -0.15) is 0 Å². The number of nitrogens with two attached hydrogens (primary N) is 1. The van der Waals surface area contributed by atoms with Crippen LogP contribution in [-0.4, -0.2) is 41.3 Å². The van der Waals surface area contributed by atoms with E-state index < -0.39 is 36.5 Å². The van der Waals surface area contributed by atoms with Gasteiger partial charge in [-0.3, -0.25) is 4.79 Å². The number of halogens is 1. The highest BCUT2D eigenvalue weighted by Crippen LogP contribution is 2.20. The topological polar surface area (TPSA) is 123 Å². The number of carbonyl (C=O) groups excluding carboxylic acids is 1. The van der Waals surface area contributed by atoms with Gasteiger partial charge in [0.05, 0.1) is 10.6 Å². The van der Waals surface area contributed by atoms with Gasteiger partial charge in [0.25, 0.3) is 5.91 Å². The molecule has 1 rings (SSSR count). The number of hydrogen-bond donors (Lipinski definition) is 2. The first-order valence-corrected chi connectivity index (χ1v) is 9.31. The van der Waals surface area contributed by atoms with Gasteiger partial charge in [0.15, 0.2) is 0 Å². The Labute approximate surface area is 122 Å². The lowest BCUT2D eigenvalue weighted by atomic mass is 10.1. The third-order valence-electron chi connectivity index (χ3n) is 2.63. The molecule has 118 valence electrons. The lowest BCUT2D eigenvalue weighted by molar-refractivity contribution is 0.0955. The highest BCUT2D eigenvalue weighted by molar-refractivity contribution is 7.90. The highest BCUT2D eigenvalue weighted by atomic mass is 32.2. The average molecular weight is 338 g/mol. The first-order valence-electron chi connectivity index (χ1n) is 5.70. The smallest absolute Gasteiger partial charge is 0.251 e. The number of benzene rings is 1. The van der Waals surface area contributed by atoms with E-state index in [9.17, 15) is 26.0 Å². The lowest BCUT2D eigenvalue weighted by Crippen LogP contribution is -2.30. The second-order valence-corrected chi connectivity index (χ2v) is 8.30. The molecule has 21 heavy (non-hydrogen) atoms. The fourth-order valence-electron chi connectivity index (χ4n) is 1.63. The Balaban J connectivity index is 3.08. The zero-order valence-corrected chi connectivity index (χ0v) is 13.0. The number of rotatable bonds is 5. The van der Waals surface area contributed by atoms with Crippen molar-refractivity contribution in [2.75, 3.05) is 18.6 Å². The molecular formula is C11H15FN2O5S2. The van der Waals surface area contributed by atoms with Gasteiger partial charge in [-0.15, -0.1) is 0 Å². The van der Waals surface area contributed by atoms with Gasteiger partial charge in [0.2, 0.25) is 10.0 Å². The molecule has 0 bridgehead atoms. The SMILES string of the molecule is Cc1c(C(=O)NCCS(C)(=O)=O)cc(F)cc1S(N)(=O)=O. The van der Waals surface area contributed by atoms with Crippen molar-refractivity contribution in [3.8, 4) is 0 Å². The highest BCUT2D eigenvalue weighted by Gasteiger charge is 2.20. The van der Waals surface area contributed by atoms with Crippen molar-refractivity contribution in [1.82, 2.24) is 5.32 Å². The number of primary sulfonamides is 1. The van der Waals surface area contributed by atoms with E-state index in [0.717, 1.165) is 18.4 Å². The molecule has 3 N–H and O–H groups in total. The number of hydrogen-bond acceptors (Lipinski definition) is 5. The molecule has 10 heteroatoms. The van der Waals surface area contributed by atoms with E-state index in [4.69, 9.17) is 5.14 Å². The Morgan fingerprint density at radius 2 is 1.86 bits per heavy atom. The molecule has 0 aromatic heterocycles. The molecule has 0 saturated carbocycles. The van der Waals surface area contributed by atoms with Gasteiger partial charge in [-0.25, -0.2) is 26.4 Å². The number of nitrogens with one attached hydrogen (secondary N) is 1. The number of sulfone groups is 1. The second-order valence-electron chi connectivity index (χ2n) is 4.51.